The van der Waals surface area contributed by atoms with Crippen LogP contribution in [0.3, 0.4) is 0 Å². The Kier molecular flexibility index (Phi) is 8.15. The molecule has 0 radical (unpaired) electrons. The molecule has 26 heavy (non-hydrogen) atoms. The van der Waals surface area contributed by atoms with E-state index in [-0.39, 0.29) is 24.0 Å². The number of aromatic nitrogens is 3. The van der Waals surface area contributed by atoms with Gasteiger partial charge < -0.3 is 15.2 Å². The topological polar surface area (TPSA) is 67.1 Å². The third kappa shape index (κ3) is 5.84. The first-order valence-electron chi connectivity index (χ1n) is 8.76. The van der Waals surface area contributed by atoms with E-state index in [2.05, 4.69) is 20.8 Å². The molecule has 0 aliphatic heterocycles. The van der Waals surface area contributed by atoms with Crippen LogP contribution >= 0.6 is 35.6 Å². The maximum Gasteiger partial charge on any atom is 0.192 e. The fourth-order valence-electron chi connectivity index (χ4n) is 2.99. The molecule has 2 N–H and O–H groups in total. The van der Waals surface area contributed by atoms with Gasteiger partial charge in [0.25, 0.3) is 0 Å². The van der Waals surface area contributed by atoms with Gasteiger partial charge in [0.05, 0.1) is 13.1 Å². The Hall–Kier alpha value is -1.35. The number of guanidine groups is 1. The van der Waals surface area contributed by atoms with Crippen LogP contribution in [-0.2, 0) is 20.1 Å². The Labute approximate surface area is 176 Å². The molecule has 2 aromatic rings. The van der Waals surface area contributed by atoms with Crippen LogP contribution in [0.15, 0.2) is 29.3 Å². The van der Waals surface area contributed by atoms with Gasteiger partial charge in [-0.05, 0) is 37.5 Å². The predicted octanol–water partition coefficient (Wildman–Crippen LogP) is 3.57. The number of nitrogens with one attached hydrogen (secondary N) is 2. The van der Waals surface area contributed by atoms with Crippen molar-refractivity contribution in [2.75, 3.05) is 0 Å². The smallest absolute Gasteiger partial charge is 0.192 e. The van der Waals surface area contributed by atoms with E-state index in [0.717, 1.165) is 28.2 Å². The van der Waals surface area contributed by atoms with E-state index in [0.29, 0.717) is 19.1 Å². The SMILES string of the molecule is Cc1nnc(CNC(=NCc2cccc(Cl)c2)NC2CCCC2)n1C.I. The number of hydrogen-bond donors (Lipinski definition) is 2. The average Bonchev–Trinajstić information content (AvgIpc) is 3.22. The summed E-state index contributed by atoms with van der Waals surface area (Å²) in [4.78, 5) is 4.73. The molecule has 142 valence electrons. The number of hydrogen-bond acceptors (Lipinski definition) is 3. The van der Waals surface area contributed by atoms with Gasteiger partial charge in [-0.25, -0.2) is 4.99 Å². The Morgan fingerprint density at radius 1 is 1.31 bits per heavy atom. The minimum Gasteiger partial charge on any atom is -0.354 e. The summed E-state index contributed by atoms with van der Waals surface area (Å²) < 4.78 is 1.98. The quantitative estimate of drug-likeness (QED) is 0.384. The van der Waals surface area contributed by atoms with Gasteiger partial charge in [-0.15, -0.1) is 34.2 Å². The molecular weight excluding hydrogens is 463 g/mol. The summed E-state index contributed by atoms with van der Waals surface area (Å²) in [5, 5.41) is 16.0. The summed E-state index contributed by atoms with van der Waals surface area (Å²) in [6.45, 7) is 3.12. The van der Waals surface area contributed by atoms with Gasteiger partial charge in [-0.3, -0.25) is 0 Å². The van der Waals surface area contributed by atoms with E-state index in [1.807, 2.05) is 42.8 Å². The Morgan fingerprint density at radius 3 is 2.73 bits per heavy atom. The molecule has 0 atom stereocenters. The molecule has 1 saturated carbocycles. The van der Waals surface area contributed by atoms with Crippen molar-refractivity contribution in [2.45, 2.75) is 51.7 Å². The van der Waals surface area contributed by atoms with Crippen LogP contribution in [-0.4, -0.2) is 26.8 Å². The van der Waals surface area contributed by atoms with Crippen LogP contribution in [0, 0.1) is 6.92 Å². The molecule has 1 fully saturated rings. The van der Waals surface area contributed by atoms with Gasteiger partial charge in [0.2, 0.25) is 0 Å². The van der Waals surface area contributed by atoms with Crippen molar-refractivity contribution in [3.8, 4) is 0 Å². The normalized spacial score (nSPS) is 15.0. The molecule has 1 aromatic carbocycles. The molecule has 6 nitrogen and oxygen atoms in total. The Bertz CT molecular complexity index is 739. The first kappa shape index (κ1) is 21.0. The van der Waals surface area contributed by atoms with Gasteiger partial charge in [0, 0.05) is 18.1 Å². The zero-order valence-corrected chi connectivity index (χ0v) is 18.3. The minimum atomic E-state index is 0. The summed E-state index contributed by atoms with van der Waals surface area (Å²) in [6.07, 6.45) is 4.95. The van der Waals surface area contributed by atoms with E-state index >= 15 is 0 Å². The summed E-state index contributed by atoms with van der Waals surface area (Å²) >= 11 is 6.06. The van der Waals surface area contributed by atoms with E-state index in [9.17, 15) is 0 Å². The lowest BCUT2D eigenvalue weighted by Gasteiger charge is -2.17. The summed E-state index contributed by atoms with van der Waals surface area (Å²) in [7, 11) is 1.97. The number of aliphatic imine (C=N–C) groups is 1. The zero-order valence-electron chi connectivity index (χ0n) is 15.2. The first-order valence-corrected chi connectivity index (χ1v) is 9.14. The average molecular weight is 489 g/mol. The number of benzene rings is 1. The van der Waals surface area contributed by atoms with Crippen LogP contribution < -0.4 is 10.6 Å². The Balaban J connectivity index is 0.00000243. The molecule has 1 aliphatic carbocycles. The molecule has 0 bridgehead atoms. The summed E-state index contributed by atoms with van der Waals surface area (Å²) in [5.74, 6) is 2.60. The van der Waals surface area contributed by atoms with Gasteiger partial charge in [-0.2, -0.15) is 0 Å². The lowest BCUT2D eigenvalue weighted by Crippen LogP contribution is -2.42. The van der Waals surface area contributed by atoms with Crippen molar-refractivity contribution < 1.29 is 0 Å². The fourth-order valence-corrected chi connectivity index (χ4v) is 3.20. The third-order valence-electron chi connectivity index (χ3n) is 4.60. The lowest BCUT2D eigenvalue weighted by atomic mass is 10.2. The van der Waals surface area contributed by atoms with Crippen LogP contribution in [0.4, 0.5) is 0 Å². The zero-order chi connectivity index (χ0) is 17.6. The summed E-state index contributed by atoms with van der Waals surface area (Å²) in [5.41, 5.74) is 1.09. The second-order valence-electron chi connectivity index (χ2n) is 6.50. The summed E-state index contributed by atoms with van der Waals surface area (Å²) in [6, 6.07) is 8.30. The highest BCUT2D eigenvalue weighted by molar-refractivity contribution is 14.0. The fraction of sp³-hybridized carbons (Fsp3) is 0.500. The first-order chi connectivity index (χ1) is 12.1. The molecule has 1 aromatic heterocycles. The van der Waals surface area contributed by atoms with Gasteiger partial charge in [-0.1, -0.05) is 36.6 Å². The monoisotopic (exact) mass is 488 g/mol. The van der Waals surface area contributed by atoms with E-state index in [4.69, 9.17) is 16.6 Å². The molecule has 1 aliphatic rings. The van der Waals surface area contributed by atoms with Crippen molar-refractivity contribution in [3.63, 3.8) is 0 Å². The van der Waals surface area contributed by atoms with Gasteiger partial charge >= 0.3 is 0 Å². The molecule has 1 heterocycles. The second-order valence-corrected chi connectivity index (χ2v) is 6.93. The van der Waals surface area contributed by atoms with E-state index in [1.165, 1.54) is 25.7 Å². The molecule has 0 unspecified atom stereocenters. The predicted molar refractivity (Wildman–Crippen MR) is 116 cm³/mol. The third-order valence-corrected chi connectivity index (χ3v) is 4.84. The van der Waals surface area contributed by atoms with Gasteiger partial charge in [0.1, 0.15) is 5.82 Å². The molecule has 0 saturated heterocycles. The van der Waals surface area contributed by atoms with Crippen LogP contribution in [0.1, 0.15) is 42.9 Å². The van der Waals surface area contributed by atoms with Crippen LogP contribution in [0.25, 0.3) is 0 Å². The molecule has 8 heteroatoms. The minimum absolute atomic E-state index is 0. The Morgan fingerprint density at radius 2 is 2.08 bits per heavy atom. The number of aryl methyl sites for hydroxylation is 1. The van der Waals surface area contributed by atoms with Crippen LogP contribution in [0.5, 0.6) is 0 Å². The molecular formula is C18H26ClIN6. The number of halogens is 2. The van der Waals surface area contributed by atoms with Crippen molar-refractivity contribution in [3.05, 3.63) is 46.5 Å². The molecule has 0 amide bonds. The molecule has 0 spiro atoms. The maximum absolute atomic E-state index is 6.06. The largest absolute Gasteiger partial charge is 0.354 e. The van der Waals surface area contributed by atoms with Crippen LogP contribution in [0.2, 0.25) is 5.02 Å². The van der Waals surface area contributed by atoms with Gasteiger partial charge in [0.15, 0.2) is 11.8 Å². The molecule has 3 rings (SSSR count). The van der Waals surface area contributed by atoms with Crippen molar-refractivity contribution in [1.82, 2.24) is 25.4 Å². The number of nitrogens with zero attached hydrogens (tertiary/aromatic N) is 4. The lowest BCUT2D eigenvalue weighted by molar-refractivity contribution is 0.606. The van der Waals surface area contributed by atoms with E-state index < -0.39 is 0 Å². The highest BCUT2D eigenvalue weighted by Gasteiger charge is 2.16. The maximum atomic E-state index is 6.06. The van der Waals surface area contributed by atoms with E-state index in [1.54, 1.807) is 0 Å². The highest BCUT2D eigenvalue weighted by atomic mass is 127. The van der Waals surface area contributed by atoms with Crippen molar-refractivity contribution in [1.29, 1.82) is 0 Å². The highest BCUT2D eigenvalue weighted by Crippen LogP contribution is 2.17. The second kappa shape index (κ2) is 10.1. The standard InChI is InChI=1S/C18H25ClN6.HI/c1-13-23-24-17(25(13)2)12-21-18(22-16-8-3-4-9-16)20-11-14-6-5-7-15(19)10-14;/h5-7,10,16H,3-4,8-9,11-12H2,1-2H3,(H2,20,21,22);1H. The van der Waals surface area contributed by atoms with Crippen molar-refractivity contribution in [2.24, 2.45) is 12.0 Å². The number of rotatable bonds is 5. The van der Waals surface area contributed by atoms with Crippen molar-refractivity contribution >= 4 is 41.5 Å².